The van der Waals surface area contributed by atoms with Gasteiger partial charge in [0.15, 0.2) is 0 Å². The number of aliphatic hydroxyl groups is 2. The summed E-state index contributed by atoms with van der Waals surface area (Å²) in [6.07, 6.45) is 2.70. The van der Waals surface area contributed by atoms with Crippen molar-refractivity contribution >= 4 is 47.3 Å². The van der Waals surface area contributed by atoms with E-state index in [2.05, 4.69) is 41.9 Å². The standard InChI is InChI=1S/C36H56N10O10/c1-17(2)26-33(53)41-23(15-47)31(51)40-22(13-21-14-37-16-38-21)30(50)39-19(5)29(49)42-27(18(3)4)34(54)44-28(20(6)48)36(56)46-12-8-10-25(46)35(55)45-11-7-9-24(45)32(52)43-26/h14,16-20,22-28,47-48H,7-13,15H2,1-6H3,(H,37,38)(H,39,50)(H,40,51)(H,41,53)(H,42,49)(H,43,52)(H,44,54)/t19-,20+,22-,23-,24-,25-,26-,27-,28-/m0/s1. The van der Waals surface area contributed by atoms with E-state index in [-0.39, 0.29) is 32.4 Å². The molecule has 0 radical (unpaired) electrons. The van der Waals surface area contributed by atoms with Crippen molar-refractivity contribution in [2.45, 2.75) is 128 Å². The molecule has 0 bridgehead atoms. The van der Waals surface area contributed by atoms with Gasteiger partial charge in [-0.25, -0.2) is 4.98 Å². The van der Waals surface area contributed by atoms with Crippen molar-refractivity contribution in [2.24, 2.45) is 11.8 Å². The van der Waals surface area contributed by atoms with Crippen molar-refractivity contribution in [2.75, 3.05) is 19.7 Å². The number of nitrogens with one attached hydrogen (secondary N) is 7. The van der Waals surface area contributed by atoms with Crippen LogP contribution in [0.5, 0.6) is 0 Å². The van der Waals surface area contributed by atoms with Crippen LogP contribution in [0.2, 0.25) is 0 Å². The minimum atomic E-state index is -1.56. The molecule has 0 unspecified atom stereocenters. The Morgan fingerprint density at radius 1 is 0.661 bits per heavy atom. The van der Waals surface area contributed by atoms with Gasteiger partial charge in [0.05, 0.1) is 19.0 Å². The number of fused-ring (bicyclic) bond motifs is 2. The van der Waals surface area contributed by atoms with Crippen LogP contribution >= 0.6 is 0 Å². The number of carbonyl (C=O) groups is 8. The lowest BCUT2D eigenvalue weighted by Gasteiger charge is -2.34. The number of hydrogen-bond donors (Lipinski definition) is 9. The Kier molecular flexibility index (Phi) is 14.9. The summed E-state index contributed by atoms with van der Waals surface area (Å²) in [5, 5.41) is 36.2. The highest BCUT2D eigenvalue weighted by Crippen LogP contribution is 2.26. The summed E-state index contributed by atoms with van der Waals surface area (Å²) in [6.45, 7) is 8.78. The highest BCUT2D eigenvalue weighted by molar-refractivity contribution is 5.99. The van der Waals surface area contributed by atoms with E-state index in [4.69, 9.17) is 0 Å². The van der Waals surface area contributed by atoms with Crippen molar-refractivity contribution in [3.05, 3.63) is 18.2 Å². The fourth-order valence-corrected chi connectivity index (χ4v) is 7.12. The first-order chi connectivity index (χ1) is 26.4. The van der Waals surface area contributed by atoms with Gasteiger partial charge in [0.2, 0.25) is 47.3 Å². The molecule has 3 aliphatic heterocycles. The lowest BCUT2D eigenvalue weighted by molar-refractivity contribution is -0.149. The summed E-state index contributed by atoms with van der Waals surface area (Å²) >= 11 is 0. The van der Waals surface area contributed by atoms with E-state index >= 15 is 0 Å². The Balaban J connectivity index is 1.70. The highest BCUT2D eigenvalue weighted by Gasteiger charge is 2.45. The van der Waals surface area contributed by atoms with Gasteiger partial charge >= 0.3 is 0 Å². The van der Waals surface area contributed by atoms with Crippen molar-refractivity contribution in [1.29, 1.82) is 0 Å². The topological polar surface area (TPSA) is 284 Å². The van der Waals surface area contributed by atoms with Crippen LogP contribution in [0, 0.1) is 11.8 Å². The van der Waals surface area contributed by atoms with Crippen LogP contribution in [0.4, 0.5) is 0 Å². The molecule has 3 saturated heterocycles. The van der Waals surface area contributed by atoms with Gasteiger partial charge in [-0.1, -0.05) is 27.7 Å². The zero-order valence-electron chi connectivity index (χ0n) is 32.7. The van der Waals surface area contributed by atoms with E-state index in [0.29, 0.717) is 18.5 Å². The molecule has 20 heteroatoms. The van der Waals surface area contributed by atoms with Gasteiger partial charge in [-0.2, -0.15) is 0 Å². The zero-order valence-corrected chi connectivity index (χ0v) is 32.7. The number of rotatable bonds is 6. The van der Waals surface area contributed by atoms with E-state index in [1.54, 1.807) is 27.7 Å². The number of nitrogens with zero attached hydrogens (tertiary/aromatic N) is 3. The molecule has 20 nitrogen and oxygen atoms in total. The van der Waals surface area contributed by atoms with Crippen LogP contribution in [0.1, 0.15) is 72.9 Å². The van der Waals surface area contributed by atoms with Gasteiger partial charge in [0, 0.05) is 31.4 Å². The average molecular weight is 789 g/mol. The van der Waals surface area contributed by atoms with Gasteiger partial charge in [0.25, 0.3) is 0 Å². The largest absolute Gasteiger partial charge is 0.394 e. The van der Waals surface area contributed by atoms with Gasteiger partial charge in [-0.3, -0.25) is 38.4 Å². The second-order valence-electron chi connectivity index (χ2n) is 15.4. The monoisotopic (exact) mass is 788 g/mol. The number of hydrogen-bond acceptors (Lipinski definition) is 11. The molecular formula is C36H56N10O10. The summed E-state index contributed by atoms with van der Waals surface area (Å²) in [5.74, 6) is -6.99. The molecule has 0 aliphatic carbocycles. The molecule has 8 amide bonds. The first-order valence-electron chi connectivity index (χ1n) is 19.1. The van der Waals surface area contributed by atoms with E-state index in [1.807, 2.05) is 0 Å². The van der Waals surface area contributed by atoms with Crippen LogP contribution in [-0.4, -0.2) is 151 Å². The van der Waals surface area contributed by atoms with Crippen molar-refractivity contribution < 1.29 is 48.6 Å². The molecule has 3 fully saturated rings. The van der Waals surface area contributed by atoms with Gasteiger partial charge in [-0.15, -0.1) is 0 Å². The molecule has 56 heavy (non-hydrogen) atoms. The Labute approximate surface area is 325 Å². The van der Waals surface area contributed by atoms with Crippen LogP contribution in [-0.2, 0) is 44.8 Å². The molecule has 310 valence electrons. The van der Waals surface area contributed by atoms with Crippen LogP contribution in [0.3, 0.4) is 0 Å². The quantitative estimate of drug-likeness (QED) is 0.137. The van der Waals surface area contributed by atoms with Crippen LogP contribution < -0.4 is 31.9 Å². The minimum absolute atomic E-state index is 0.136. The molecule has 3 aliphatic rings. The van der Waals surface area contributed by atoms with E-state index < -0.39 is 120 Å². The molecule has 1 aromatic heterocycles. The number of aromatic nitrogens is 2. The summed E-state index contributed by atoms with van der Waals surface area (Å²) in [7, 11) is 0. The average Bonchev–Trinajstić information content (AvgIpc) is 3.95. The minimum Gasteiger partial charge on any atom is -0.394 e. The maximum atomic E-state index is 14.1. The third kappa shape index (κ3) is 10.4. The Bertz CT molecular complexity index is 1620. The summed E-state index contributed by atoms with van der Waals surface area (Å²) < 4.78 is 0. The highest BCUT2D eigenvalue weighted by atomic mass is 16.3. The molecule has 0 spiro atoms. The first-order valence-corrected chi connectivity index (χ1v) is 19.1. The first kappa shape index (κ1) is 43.6. The van der Waals surface area contributed by atoms with Crippen LogP contribution in [0.15, 0.2) is 12.5 Å². The second-order valence-corrected chi connectivity index (χ2v) is 15.4. The number of aliphatic hydroxyl groups excluding tert-OH is 2. The molecule has 4 rings (SSSR count). The fraction of sp³-hybridized carbons (Fsp3) is 0.694. The molecule has 9 atom stereocenters. The normalized spacial score (nSPS) is 30.1. The molecule has 1 aromatic rings. The molecule has 9 N–H and O–H groups in total. The number of aromatic amines is 1. The van der Waals surface area contributed by atoms with Crippen molar-refractivity contribution in [3.8, 4) is 0 Å². The molecular weight excluding hydrogens is 732 g/mol. The predicted molar refractivity (Wildman–Crippen MR) is 197 cm³/mol. The Morgan fingerprint density at radius 3 is 1.73 bits per heavy atom. The van der Waals surface area contributed by atoms with Gasteiger partial charge in [0.1, 0.15) is 48.3 Å². The van der Waals surface area contributed by atoms with Gasteiger partial charge < -0.3 is 56.9 Å². The zero-order chi connectivity index (χ0) is 41.4. The van der Waals surface area contributed by atoms with E-state index in [9.17, 15) is 48.6 Å². The summed E-state index contributed by atoms with van der Waals surface area (Å²) in [6, 6.07) is -10.1. The maximum absolute atomic E-state index is 14.1. The van der Waals surface area contributed by atoms with Crippen molar-refractivity contribution in [1.82, 2.24) is 51.7 Å². The third-order valence-corrected chi connectivity index (χ3v) is 10.4. The number of amides is 8. The predicted octanol–water partition coefficient (Wildman–Crippen LogP) is -3.44. The fourth-order valence-electron chi connectivity index (χ4n) is 7.12. The van der Waals surface area contributed by atoms with E-state index in [0.717, 1.165) is 0 Å². The number of carbonyl (C=O) groups excluding carboxylic acids is 8. The SMILES string of the molecule is CC(C)[C@@H]1NC(=O)[C@H](C)NC(=O)[C@H](Cc2cnc[nH]2)NC(=O)[C@H](CO)NC(=O)[C@H](C(C)C)NC(=O)[C@@H]2CCCN2C(=O)[C@@H]2CCCN2C(=O)[C@H]([C@@H](C)O)NC1=O. The Hall–Kier alpha value is -5.11. The van der Waals surface area contributed by atoms with E-state index in [1.165, 1.54) is 36.2 Å². The number of H-pyrrole nitrogens is 1. The van der Waals surface area contributed by atoms with Crippen LogP contribution in [0.25, 0.3) is 0 Å². The lowest BCUT2D eigenvalue weighted by Crippen LogP contribution is -2.63. The van der Waals surface area contributed by atoms with Gasteiger partial charge in [-0.05, 0) is 51.4 Å². The number of imidazole rings is 1. The molecule has 0 saturated carbocycles. The third-order valence-electron chi connectivity index (χ3n) is 10.4. The second kappa shape index (κ2) is 19.2. The maximum Gasteiger partial charge on any atom is 0.248 e. The summed E-state index contributed by atoms with van der Waals surface area (Å²) in [5.41, 5.74) is 0.432. The molecule has 4 heterocycles. The van der Waals surface area contributed by atoms with Crippen molar-refractivity contribution in [3.63, 3.8) is 0 Å². The smallest absolute Gasteiger partial charge is 0.248 e. The summed E-state index contributed by atoms with van der Waals surface area (Å²) in [4.78, 5) is 119. The Morgan fingerprint density at radius 2 is 1.18 bits per heavy atom. The molecule has 0 aromatic carbocycles. The lowest BCUT2D eigenvalue weighted by atomic mass is 10.0.